The lowest BCUT2D eigenvalue weighted by Gasteiger charge is -2.29. The fourth-order valence-corrected chi connectivity index (χ4v) is 3.09. The lowest BCUT2D eigenvalue weighted by molar-refractivity contribution is 0.133. The van der Waals surface area contributed by atoms with E-state index in [4.69, 9.17) is 0 Å². The summed E-state index contributed by atoms with van der Waals surface area (Å²) in [6.07, 6.45) is 5.81. The molecule has 1 saturated heterocycles. The predicted octanol–water partition coefficient (Wildman–Crippen LogP) is 2.07. The van der Waals surface area contributed by atoms with Crippen LogP contribution in [0.4, 0.5) is 4.39 Å². The SMILES string of the molecule is CC(F)(CCCS(C)(=O)=O)CC1CCCCN1. The Morgan fingerprint density at radius 1 is 1.41 bits per heavy atom. The monoisotopic (exact) mass is 265 g/mol. The van der Waals surface area contributed by atoms with Gasteiger partial charge < -0.3 is 5.32 Å². The zero-order valence-corrected chi connectivity index (χ0v) is 11.7. The molecule has 102 valence electrons. The van der Waals surface area contributed by atoms with Gasteiger partial charge in [-0.05, 0) is 45.6 Å². The van der Waals surface area contributed by atoms with Gasteiger partial charge >= 0.3 is 0 Å². The van der Waals surface area contributed by atoms with Crippen molar-refractivity contribution in [1.29, 1.82) is 0 Å². The van der Waals surface area contributed by atoms with Crippen molar-refractivity contribution in [3.05, 3.63) is 0 Å². The fourth-order valence-electron chi connectivity index (χ4n) is 2.42. The van der Waals surface area contributed by atoms with E-state index >= 15 is 0 Å². The second-order valence-electron chi connectivity index (χ2n) is 5.50. The molecule has 1 rings (SSSR count). The van der Waals surface area contributed by atoms with E-state index in [1.54, 1.807) is 6.92 Å². The molecule has 0 saturated carbocycles. The van der Waals surface area contributed by atoms with Crippen molar-refractivity contribution in [2.45, 2.75) is 57.2 Å². The van der Waals surface area contributed by atoms with Crippen molar-refractivity contribution in [1.82, 2.24) is 5.32 Å². The largest absolute Gasteiger partial charge is 0.314 e. The van der Waals surface area contributed by atoms with Crippen LogP contribution in [0.3, 0.4) is 0 Å². The Morgan fingerprint density at radius 3 is 2.65 bits per heavy atom. The summed E-state index contributed by atoms with van der Waals surface area (Å²) < 4.78 is 36.2. The summed E-state index contributed by atoms with van der Waals surface area (Å²) in [7, 11) is -2.96. The quantitative estimate of drug-likeness (QED) is 0.799. The highest BCUT2D eigenvalue weighted by Gasteiger charge is 2.28. The van der Waals surface area contributed by atoms with Crippen molar-refractivity contribution in [3.63, 3.8) is 0 Å². The first-order chi connectivity index (χ1) is 7.79. The molecule has 0 spiro atoms. The van der Waals surface area contributed by atoms with Crippen molar-refractivity contribution in [3.8, 4) is 0 Å². The van der Waals surface area contributed by atoms with Gasteiger partial charge in [0.25, 0.3) is 0 Å². The van der Waals surface area contributed by atoms with Gasteiger partial charge in [0.2, 0.25) is 0 Å². The van der Waals surface area contributed by atoms with Gasteiger partial charge in [-0.15, -0.1) is 0 Å². The van der Waals surface area contributed by atoms with Crippen molar-refractivity contribution >= 4 is 9.84 Å². The molecule has 1 heterocycles. The molecule has 5 heteroatoms. The zero-order chi connectivity index (χ0) is 12.9. The normalized spacial score (nSPS) is 25.5. The third-order valence-corrected chi connectivity index (χ3v) is 4.33. The minimum atomic E-state index is -2.96. The molecule has 0 radical (unpaired) electrons. The molecular weight excluding hydrogens is 241 g/mol. The van der Waals surface area contributed by atoms with Gasteiger partial charge in [-0.1, -0.05) is 6.42 Å². The molecule has 0 aromatic heterocycles. The summed E-state index contributed by atoms with van der Waals surface area (Å²) in [5, 5.41) is 3.32. The molecule has 0 bridgehead atoms. The van der Waals surface area contributed by atoms with Crippen LogP contribution in [-0.2, 0) is 9.84 Å². The van der Waals surface area contributed by atoms with Gasteiger partial charge in [-0.25, -0.2) is 12.8 Å². The van der Waals surface area contributed by atoms with Crippen LogP contribution in [0.5, 0.6) is 0 Å². The van der Waals surface area contributed by atoms with Gasteiger partial charge in [-0.2, -0.15) is 0 Å². The number of piperidine rings is 1. The summed E-state index contributed by atoms with van der Waals surface area (Å²) in [5.74, 6) is 0.0879. The van der Waals surface area contributed by atoms with E-state index in [1.807, 2.05) is 0 Å². The molecule has 0 aliphatic carbocycles. The Morgan fingerprint density at radius 2 is 2.12 bits per heavy atom. The third kappa shape index (κ3) is 6.99. The topological polar surface area (TPSA) is 46.2 Å². The smallest absolute Gasteiger partial charge is 0.147 e. The van der Waals surface area contributed by atoms with Crippen molar-refractivity contribution < 1.29 is 12.8 Å². The number of hydrogen-bond acceptors (Lipinski definition) is 3. The van der Waals surface area contributed by atoms with Gasteiger partial charge in [0.15, 0.2) is 0 Å². The van der Waals surface area contributed by atoms with Crippen LogP contribution in [0.15, 0.2) is 0 Å². The minimum absolute atomic E-state index is 0.0879. The Kier molecular flexibility index (Phi) is 5.38. The molecular formula is C12H24FNO2S. The lowest BCUT2D eigenvalue weighted by Crippen LogP contribution is -2.39. The highest BCUT2D eigenvalue weighted by Crippen LogP contribution is 2.26. The molecule has 2 atom stereocenters. The predicted molar refractivity (Wildman–Crippen MR) is 68.7 cm³/mol. The van der Waals surface area contributed by atoms with E-state index < -0.39 is 15.5 Å². The van der Waals surface area contributed by atoms with Gasteiger partial charge in [0.1, 0.15) is 15.5 Å². The zero-order valence-electron chi connectivity index (χ0n) is 10.8. The van der Waals surface area contributed by atoms with E-state index in [-0.39, 0.29) is 11.8 Å². The lowest BCUT2D eigenvalue weighted by atomic mass is 9.90. The third-order valence-electron chi connectivity index (χ3n) is 3.30. The molecule has 0 aromatic carbocycles. The summed E-state index contributed by atoms with van der Waals surface area (Å²) in [5.41, 5.74) is -1.25. The number of sulfone groups is 1. The minimum Gasteiger partial charge on any atom is -0.314 e. The Labute approximate surface area is 104 Å². The van der Waals surface area contributed by atoms with E-state index in [9.17, 15) is 12.8 Å². The van der Waals surface area contributed by atoms with Gasteiger partial charge in [0.05, 0.1) is 0 Å². The molecule has 0 amide bonds. The van der Waals surface area contributed by atoms with E-state index in [1.165, 1.54) is 12.7 Å². The number of halogens is 1. The van der Waals surface area contributed by atoms with Crippen LogP contribution in [0, 0.1) is 0 Å². The molecule has 3 nitrogen and oxygen atoms in total. The molecule has 1 fully saturated rings. The highest BCUT2D eigenvalue weighted by molar-refractivity contribution is 7.90. The number of nitrogens with one attached hydrogen (secondary N) is 1. The van der Waals surface area contributed by atoms with E-state index in [0.717, 1.165) is 19.4 Å². The first-order valence-electron chi connectivity index (χ1n) is 6.39. The first-order valence-corrected chi connectivity index (χ1v) is 8.45. The number of hydrogen-bond donors (Lipinski definition) is 1. The van der Waals surface area contributed by atoms with Crippen LogP contribution >= 0.6 is 0 Å². The van der Waals surface area contributed by atoms with Gasteiger partial charge in [0, 0.05) is 18.1 Å². The maximum absolute atomic E-state index is 14.2. The summed E-state index contributed by atoms with van der Waals surface area (Å²) in [4.78, 5) is 0. The second kappa shape index (κ2) is 6.14. The van der Waals surface area contributed by atoms with Gasteiger partial charge in [-0.3, -0.25) is 0 Å². The van der Waals surface area contributed by atoms with E-state index in [2.05, 4.69) is 5.32 Å². The number of rotatable bonds is 6. The number of alkyl halides is 1. The maximum atomic E-state index is 14.2. The Bertz CT molecular complexity index is 321. The first kappa shape index (κ1) is 14.9. The average molecular weight is 265 g/mol. The highest BCUT2D eigenvalue weighted by atomic mass is 32.2. The molecule has 1 aliphatic heterocycles. The summed E-state index contributed by atoms with van der Waals surface area (Å²) in [6, 6.07) is 0.261. The Balaban J connectivity index is 2.29. The second-order valence-corrected chi connectivity index (χ2v) is 7.76. The van der Waals surface area contributed by atoms with Crippen LogP contribution in [0.2, 0.25) is 0 Å². The van der Waals surface area contributed by atoms with E-state index in [0.29, 0.717) is 19.3 Å². The fraction of sp³-hybridized carbons (Fsp3) is 1.00. The summed E-state index contributed by atoms with van der Waals surface area (Å²) in [6.45, 7) is 2.57. The van der Waals surface area contributed by atoms with Crippen molar-refractivity contribution in [2.24, 2.45) is 0 Å². The average Bonchev–Trinajstić information content (AvgIpc) is 2.15. The molecule has 1 N–H and O–H groups in total. The summed E-state index contributed by atoms with van der Waals surface area (Å²) >= 11 is 0. The molecule has 2 unspecified atom stereocenters. The van der Waals surface area contributed by atoms with Crippen LogP contribution in [0.1, 0.15) is 45.4 Å². The van der Waals surface area contributed by atoms with Crippen LogP contribution < -0.4 is 5.32 Å². The standard InChI is InChI=1S/C12H24FNO2S/c1-12(13,7-5-9-17(2,15)16)10-11-6-3-4-8-14-11/h11,14H,3-10H2,1-2H3. The van der Waals surface area contributed by atoms with Crippen LogP contribution in [0.25, 0.3) is 0 Å². The Hall–Kier alpha value is -0.160. The molecule has 1 aliphatic rings. The maximum Gasteiger partial charge on any atom is 0.147 e. The molecule has 0 aromatic rings. The van der Waals surface area contributed by atoms with Crippen LogP contribution in [-0.4, -0.2) is 38.7 Å². The molecule has 17 heavy (non-hydrogen) atoms. The van der Waals surface area contributed by atoms with Crippen molar-refractivity contribution in [2.75, 3.05) is 18.6 Å².